The summed E-state index contributed by atoms with van der Waals surface area (Å²) in [4.78, 5) is 10.9. The molecule has 1 unspecified atom stereocenters. The average Bonchev–Trinajstić information content (AvgIpc) is 2.35. The number of carboxylic acids is 1. The van der Waals surface area contributed by atoms with Crippen molar-refractivity contribution in [2.75, 3.05) is 0 Å². The molecule has 3 heteroatoms. The predicted octanol–water partition coefficient (Wildman–Crippen LogP) is 3.11. The van der Waals surface area contributed by atoms with Crippen molar-refractivity contribution >= 4 is 5.97 Å². The highest BCUT2D eigenvalue weighted by molar-refractivity contribution is 5.70. The molecule has 1 rings (SSSR count). The van der Waals surface area contributed by atoms with E-state index in [1.807, 2.05) is 12.1 Å². The summed E-state index contributed by atoms with van der Waals surface area (Å²) in [6, 6.07) is 3.70. The molecule has 0 aromatic heterocycles. The Kier molecular flexibility index (Phi) is 5.37. The molecule has 0 aliphatic rings. The van der Waals surface area contributed by atoms with Gasteiger partial charge in [0.15, 0.2) is 0 Å². The molecular formula is C16H20O3. The molecule has 19 heavy (non-hydrogen) atoms. The second-order valence-corrected chi connectivity index (χ2v) is 4.69. The maximum Gasteiger partial charge on any atom is 0.306 e. The minimum Gasteiger partial charge on any atom is -0.507 e. The summed E-state index contributed by atoms with van der Waals surface area (Å²) in [6.45, 7) is 9.01. The van der Waals surface area contributed by atoms with Crippen molar-refractivity contribution in [2.45, 2.75) is 26.2 Å². The van der Waals surface area contributed by atoms with Gasteiger partial charge in [-0.2, -0.15) is 0 Å². The first kappa shape index (κ1) is 15.0. The van der Waals surface area contributed by atoms with Crippen LogP contribution >= 0.6 is 0 Å². The summed E-state index contributed by atoms with van der Waals surface area (Å²) in [5.41, 5.74) is 2.48. The summed E-state index contributed by atoms with van der Waals surface area (Å²) in [7, 11) is 0. The Balaban J connectivity index is 3.13. The lowest BCUT2D eigenvalue weighted by Gasteiger charge is -2.13. The Morgan fingerprint density at radius 1 is 1.26 bits per heavy atom. The number of carbonyl (C=O) groups is 1. The van der Waals surface area contributed by atoms with E-state index >= 15 is 0 Å². The van der Waals surface area contributed by atoms with E-state index in [-0.39, 0.29) is 5.75 Å². The van der Waals surface area contributed by atoms with E-state index in [0.29, 0.717) is 19.3 Å². The van der Waals surface area contributed by atoms with Crippen LogP contribution in [0, 0.1) is 5.92 Å². The molecular weight excluding hydrogens is 240 g/mol. The van der Waals surface area contributed by atoms with Crippen LogP contribution in [0.2, 0.25) is 0 Å². The van der Waals surface area contributed by atoms with E-state index in [2.05, 4.69) is 13.2 Å². The van der Waals surface area contributed by atoms with E-state index in [4.69, 9.17) is 5.11 Å². The topological polar surface area (TPSA) is 57.5 Å². The molecule has 0 bridgehead atoms. The van der Waals surface area contributed by atoms with Crippen LogP contribution < -0.4 is 0 Å². The molecule has 0 fully saturated rings. The Bertz CT molecular complexity index is 458. The number of aliphatic carboxylic acids is 1. The van der Waals surface area contributed by atoms with Gasteiger partial charge < -0.3 is 10.2 Å². The molecule has 0 heterocycles. The Labute approximate surface area is 113 Å². The predicted molar refractivity (Wildman–Crippen MR) is 76.4 cm³/mol. The summed E-state index contributed by atoms with van der Waals surface area (Å²) in [5.74, 6) is -1.01. The maximum absolute atomic E-state index is 10.9. The van der Waals surface area contributed by atoms with Crippen molar-refractivity contribution in [3.63, 3.8) is 0 Å². The maximum atomic E-state index is 10.9. The smallest absolute Gasteiger partial charge is 0.306 e. The molecule has 0 saturated carbocycles. The standard InChI is InChI=1S/C16H20O3/c1-4-6-13-9-12(8-11(3)16(18)19)10-14(7-5-2)15(13)17/h4-5,9-11,17H,1-2,6-8H2,3H3,(H,18,19). The number of phenols is 1. The number of aromatic hydroxyl groups is 1. The number of benzene rings is 1. The van der Waals surface area contributed by atoms with Crippen molar-refractivity contribution in [1.29, 1.82) is 0 Å². The highest BCUT2D eigenvalue weighted by Gasteiger charge is 2.14. The number of allylic oxidation sites excluding steroid dienone is 2. The lowest BCUT2D eigenvalue weighted by atomic mass is 9.94. The van der Waals surface area contributed by atoms with Crippen molar-refractivity contribution in [1.82, 2.24) is 0 Å². The number of carboxylic acid groups (broad SMARTS) is 1. The summed E-state index contributed by atoms with van der Waals surface area (Å²) < 4.78 is 0. The normalized spacial score (nSPS) is 11.8. The highest BCUT2D eigenvalue weighted by Crippen LogP contribution is 2.27. The van der Waals surface area contributed by atoms with Gasteiger partial charge in [-0.3, -0.25) is 4.79 Å². The molecule has 1 aromatic rings. The average molecular weight is 260 g/mol. The fraction of sp³-hybridized carbons (Fsp3) is 0.312. The first-order valence-corrected chi connectivity index (χ1v) is 6.27. The monoisotopic (exact) mass is 260 g/mol. The van der Waals surface area contributed by atoms with Gasteiger partial charge in [-0.15, -0.1) is 13.2 Å². The highest BCUT2D eigenvalue weighted by atomic mass is 16.4. The fourth-order valence-corrected chi connectivity index (χ4v) is 2.01. The second-order valence-electron chi connectivity index (χ2n) is 4.69. The van der Waals surface area contributed by atoms with Crippen LogP contribution in [0.3, 0.4) is 0 Å². The minimum absolute atomic E-state index is 0.256. The van der Waals surface area contributed by atoms with Crippen LogP contribution in [0.5, 0.6) is 5.75 Å². The quantitative estimate of drug-likeness (QED) is 0.741. The third-order valence-corrected chi connectivity index (χ3v) is 3.02. The molecule has 102 valence electrons. The van der Waals surface area contributed by atoms with Crippen molar-refractivity contribution in [2.24, 2.45) is 5.92 Å². The number of phenolic OH excluding ortho intramolecular Hbond substituents is 1. The van der Waals surface area contributed by atoms with Crippen LogP contribution in [0.1, 0.15) is 23.6 Å². The molecule has 1 aromatic carbocycles. The van der Waals surface area contributed by atoms with Gasteiger partial charge >= 0.3 is 5.97 Å². The zero-order valence-electron chi connectivity index (χ0n) is 11.2. The van der Waals surface area contributed by atoms with Gasteiger partial charge in [0, 0.05) is 0 Å². The minimum atomic E-state index is -0.816. The van der Waals surface area contributed by atoms with Crippen LogP contribution in [0.15, 0.2) is 37.4 Å². The molecule has 0 saturated heterocycles. The lowest BCUT2D eigenvalue weighted by Crippen LogP contribution is -2.12. The molecule has 3 nitrogen and oxygen atoms in total. The van der Waals surface area contributed by atoms with Crippen molar-refractivity contribution in [3.05, 3.63) is 54.1 Å². The van der Waals surface area contributed by atoms with Gasteiger partial charge in [0.2, 0.25) is 0 Å². The van der Waals surface area contributed by atoms with E-state index in [1.165, 1.54) is 0 Å². The van der Waals surface area contributed by atoms with E-state index in [0.717, 1.165) is 16.7 Å². The van der Waals surface area contributed by atoms with Gasteiger partial charge in [-0.05, 0) is 36.0 Å². The second kappa shape index (κ2) is 6.78. The van der Waals surface area contributed by atoms with E-state index < -0.39 is 11.9 Å². The SMILES string of the molecule is C=CCc1cc(CC(C)C(=O)O)cc(CC=C)c1O. The third kappa shape index (κ3) is 3.98. The largest absolute Gasteiger partial charge is 0.507 e. The van der Waals surface area contributed by atoms with Gasteiger partial charge in [0.1, 0.15) is 5.75 Å². The van der Waals surface area contributed by atoms with Gasteiger partial charge in [0.05, 0.1) is 5.92 Å². The third-order valence-electron chi connectivity index (χ3n) is 3.02. The number of hydrogen-bond donors (Lipinski definition) is 2. The van der Waals surface area contributed by atoms with Crippen molar-refractivity contribution < 1.29 is 15.0 Å². The molecule has 0 spiro atoms. The van der Waals surface area contributed by atoms with Crippen LogP contribution in [0.4, 0.5) is 0 Å². The zero-order chi connectivity index (χ0) is 14.4. The fourth-order valence-electron chi connectivity index (χ4n) is 2.01. The Morgan fingerprint density at radius 3 is 2.11 bits per heavy atom. The van der Waals surface area contributed by atoms with Crippen LogP contribution in [-0.2, 0) is 24.1 Å². The Morgan fingerprint density at radius 2 is 1.74 bits per heavy atom. The van der Waals surface area contributed by atoms with Crippen LogP contribution in [-0.4, -0.2) is 16.2 Å². The first-order chi connectivity index (χ1) is 8.99. The molecule has 0 radical (unpaired) electrons. The van der Waals surface area contributed by atoms with E-state index in [1.54, 1.807) is 19.1 Å². The van der Waals surface area contributed by atoms with Crippen LogP contribution in [0.25, 0.3) is 0 Å². The first-order valence-electron chi connectivity index (χ1n) is 6.27. The summed E-state index contributed by atoms with van der Waals surface area (Å²) in [5, 5.41) is 19.1. The van der Waals surface area contributed by atoms with Gasteiger partial charge in [-0.25, -0.2) is 0 Å². The Hall–Kier alpha value is -2.03. The summed E-state index contributed by atoms with van der Waals surface area (Å²) in [6.07, 6.45) is 5.01. The van der Waals surface area contributed by atoms with Gasteiger partial charge in [0.25, 0.3) is 0 Å². The number of rotatable bonds is 7. The molecule has 0 aliphatic heterocycles. The molecule has 1 atom stereocenters. The lowest BCUT2D eigenvalue weighted by molar-refractivity contribution is -0.141. The summed E-state index contributed by atoms with van der Waals surface area (Å²) >= 11 is 0. The molecule has 0 amide bonds. The number of hydrogen-bond acceptors (Lipinski definition) is 2. The molecule has 2 N–H and O–H groups in total. The zero-order valence-corrected chi connectivity index (χ0v) is 11.2. The van der Waals surface area contributed by atoms with E-state index in [9.17, 15) is 9.90 Å². The van der Waals surface area contributed by atoms with Crippen molar-refractivity contribution in [3.8, 4) is 5.75 Å². The van der Waals surface area contributed by atoms with Gasteiger partial charge in [-0.1, -0.05) is 31.2 Å². The molecule has 0 aliphatic carbocycles.